The molecule has 0 fully saturated rings. The van der Waals surface area contributed by atoms with Crippen LogP contribution in [0.3, 0.4) is 0 Å². The summed E-state index contributed by atoms with van der Waals surface area (Å²) in [7, 11) is 0. The SMILES string of the molecule is Cc1cc(Cl)c(OCCOc2ccc(CC(CNC(=O)O)c3ccc(-c4ccccc4CC(C)OC(N)=O)cc3C)cc2)c(Cl)c1. The Morgan fingerprint density at radius 1 is 0.891 bits per heavy atom. The van der Waals surface area contributed by atoms with Crippen LogP contribution in [0.4, 0.5) is 9.59 Å². The summed E-state index contributed by atoms with van der Waals surface area (Å²) in [6.45, 7) is 6.58. The van der Waals surface area contributed by atoms with Gasteiger partial charge in [0.1, 0.15) is 25.1 Å². The van der Waals surface area contributed by atoms with E-state index in [4.69, 9.17) is 43.1 Å². The van der Waals surface area contributed by atoms with Crippen LogP contribution in [0.15, 0.2) is 78.9 Å². The summed E-state index contributed by atoms with van der Waals surface area (Å²) >= 11 is 12.5. The molecule has 4 aromatic rings. The van der Waals surface area contributed by atoms with Crippen molar-refractivity contribution in [3.63, 3.8) is 0 Å². The average molecular weight is 666 g/mol. The van der Waals surface area contributed by atoms with Crippen molar-refractivity contribution in [2.24, 2.45) is 5.73 Å². The van der Waals surface area contributed by atoms with Gasteiger partial charge in [-0.3, -0.25) is 0 Å². The number of primary amides is 1. The lowest BCUT2D eigenvalue weighted by Crippen LogP contribution is -2.28. The largest absolute Gasteiger partial charge is 0.490 e. The van der Waals surface area contributed by atoms with Gasteiger partial charge < -0.3 is 30.4 Å². The van der Waals surface area contributed by atoms with Gasteiger partial charge in [-0.2, -0.15) is 0 Å². The third-order valence-electron chi connectivity index (χ3n) is 7.51. The number of aryl methyl sites for hydroxylation is 2. The molecule has 0 aliphatic carbocycles. The van der Waals surface area contributed by atoms with Gasteiger partial charge in [0.05, 0.1) is 10.0 Å². The van der Waals surface area contributed by atoms with Crippen molar-refractivity contribution in [3.05, 3.63) is 117 Å². The number of carbonyl (C=O) groups excluding carboxylic acids is 1. The summed E-state index contributed by atoms with van der Waals surface area (Å²) < 4.78 is 16.7. The molecule has 2 unspecified atom stereocenters. The molecule has 242 valence electrons. The van der Waals surface area contributed by atoms with Gasteiger partial charge in [-0.25, -0.2) is 9.59 Å². The zero-order valence-corrected chi connectivity index (χ0v) is 27.5. The van der Waals surface area contributed by atoms with Gasteiger partial charge in [0.15, 0.2) is 5.75 Å². The van der Waals surface area contributed by atoms with Crippen LogP contribution < -0.4 is 20.5 Å². The Morgan fingerprint density at radius 2 is 1.57 bits per heavy atom. The number of hydrogen-bond acceptors (Lipinski definition) is 5. The van der Waals surface area contributed by atoms with Crippen LogP contribution >= 0.6 is 23.2 Å². The molecule has 46 heavy (non-hydrogen) atoms. The molecule has 4 aromatic carbocycles. The molecule has 4 rings (SSSR count). The molecule has 0 heterocycles. The molecule has 0 aliphatic rings. The number of nitrogens with one attached hydrogen (secondary N) is 1. The van der Waals surface area contributed by atoms with Crippen LogP contribution in [0.2, 0.25) is 10.0 Å². The Balaban J connectivity index is 1.43. The van der Waals surface area contributed by atoms with Crippen LogP contribution in [0.1, 0.15) is 40.7 Å². The molecular weight excluding hydrogens is 627 g/mol. The summed E-state index contributed by atoms with van der Waals surface area (Å²) in [5.74, 6) is 1.02. The number of carbonyl (C=O) groups is 2. The topological polar surface area (TPSA) is 120 Å². The van der Waals surface area contributed by atoms with E-state index < -0.39 is 12.2 Å². The number of benzene rings is 4. The van der Waals surface area contributed by atoms with Crippen LogP contribution in [-0.2, 0) is 17.6 Å². The maximum Gasteiger partial charge on any atom is 0.404 e. The summed E-state index contributed by atoms with van der Waals surface area (Å²) in [5.41, 5.74) is 12.4. The van der Waals surface area contributed by atoms with Crippen molar-refractivity contribution in [2.45, 2.75) is 45.6 Å². The summed E-state index contributed by atoms with van der Waals surface area (Å²) in [4.78, 5) is 22.6. The van der Waals surface area contributed by atoms with Gasteiger partial charge in [0.25, 0.3) is 0 Å². The van der Waals surface area contributed by atoms with E-state index in [0.717, 1.165) is 38.9 Å². The van der Waals surface area contributed by atoms with Gasteiger partial charge in [-0.05, 0) is 90.4 Å². The minimum Gasteiger partial charge on any atom is -0.490 e. The number of carboxylic acid groups (broad SMARTS) is 1. The number of amides is 2. The molecule has 10 heteroatoms. The van der Waals surface area contributed by atoms with Crippen molar-refractivity contribution >= 4 is 35.4 Å². The highest BCUT2D eigenvalue weighted by molar-refractivity contribution is 6.37. The van der Waals surface area contributed by atoms with Gasteiger partial charge >= 0.3 is 12.2 Å². The smallest absolute Gasteiger partial charge is 0.404 e. The molecule has 2 atom stereocenters. The number of nitrogens with two attached hydrogens (primary N) is 1. The summed E-state index contributed by atoms with van der Waals surface area (Å²) in [6, 6.07) is 25.5. The van der Waals surface area contributed by atoms with E-state index in [9.17, 15) is 14.7 Å². The van der Waals surface area contributed by atoms with E-state index in [1.165, 1.54) is 0 Å². The van der Waals surface area contributed by atoms with Crippen molar-refractivity contribution in [1.82, 2.24) is 5.32 Å². The summed E-state index contributed by atoms with van der Waals surface area (Å²) in [6.07, 6.45) is -1.10. The van der Waals surface area contributed by atoms with Gasteiger partial charge in [0.2, 0.25) is 0 Å². The predicted molar refractivity (Wildman–Crippen MR) is 182 cm³/mol. The van der Waals surface area contributed by atoms with Crippen LogP contribution in [-0.4, -0.2) is 43.2 Å². The first kappa shape index (κ1) is 34.5. The molecule has 0 aliphatic heterocycles. The van der Waals surface area contributed by atoms with E-state index in [1.807, 2.05) is 75.4 Å². The van der Waals surface area contributed by atoms with Crippen molar-refractivity contribution in [1.29, 1.82) is 0 Å². The Labute approximate surface area is 279 Å². The monoisotopic (exact) mass is 664 g/mol. The fraction of sp³-hybridized carbons (Fsp3) is 0.278. The average Bonchev–Trinajstić information content (AvgIpc) is 2.99. The minimum atomic E-state index is -1.07. The molecule has 0 bridgehead atoms. The standard InChI is InChI=1S/C36H38Cl2N2O6/c1-22-16-32(37)34(33(38)17-22)45-15-14-44-29-11-8-25(9-12-29)20-28(21-40-36(42)43)30-13-10-27(18-23(30)2)31-7-5-4-6-26(31)19-24(3)46-35(39)41/h4-13,16-18,24,28,40H,14-15,19-21H2,1-3H3,(H2,39,41)(H,42,43). The lowest BCUT2D eigenvalue weighted by molar-refractivity contribution is 0.116. The van der Waals surface area contributed by atoms with Gasteiger partial charge in [0, 0.05) is 18.9 Å². The summed E-state index contributed by atoms with van der Waals surface area (Å²) in [5, 5.41) is 12.8. The highest BCUT2D eigenvalue weighted by Gasteiger charge is 2.18. The second-order valence-corrected chi connectivity index (χ2v) is 12.0. The predicted octanol–water partition coefficient (Wildman–Crippen LogP) is 8.36. The van der Waals surface area contributed by atoms with Gasteiger partial charge in [-0.1, -0.05) is 77.8 Å². The highest BCUT2D eigenvalue weighted by Crippen LogP contribution is 2.34. The zero-order chi connectivity index (χ0) is 33.2. The Bertz CT molecular complexity index is 1640. The van der Waals surface area contributed by atoms with Gasteiger partial charge in [-0.15, -0.1) is 0 Å². The maximum absolute atomic E-state index is 11.4. The number of ether oxygens (including phenoxy) is 3. The molecule has 2 amide bonds. The molecule has 0 saturated carbocycles. The zero-order valence-electron chi connectivity index (χ0n) is 26.0. The van der Waals surface area contributed by atoms with Crippen LogP contribution in [0.25, 0.3) is 11.1 Å². The number of halogens is 2. The maximum atomic E-state index is 11.4. The number of rotatable bonds is 14. The van der Waals surface area contributed by atoms with Crippen LogP contribution in [0.5, 0.6) is 11.5 Å². The molecule has 4 N–H and O–H groups in total. The molecule has 0 aromatic heterocycles. The fourth-order valence-corrected chi connectivity index (χ4v) is 6.17. The fourth-order valence-electron chi connectivity index (χ4n) is 5.47. The van der Waals surface area contributed by atoms with E-state index in [1.54, 1.807) is 12.1 Å². The first-order valence-corrected chi connectivity index (χ1v) is 15.7. The molecule has 0 spiro atoms. The quantitative estimate of drug-likeness (QED) is 0.117. The molecule has 0 saturated heterocycles. The molecular formula is C36H38Cl2N2O6. The minimum absolute atomic E-state index is 0.103. The first-order valence-electron chi connectivity index (χ1n) is 14.9. The van der Waals surface area contributed by atoms with E-state index in [0.29, 0.717) is 41.0 Å². The second kappa shape index (κ2) is 16.2. The first-order chi connectivity index (χ1) is 22.0. The Morgan fingerprint density at radius 3 is 2.22 bits per heavy atom. The lowest BCUT2D eigenvalue weighted by Gasteiger charge is -2.21. The second-order valence-electron chi connectivity index (χ2n) is 11.2. The number of hydrogen-bond donors (Lipinski definition) is 3. The van der Waals surface area contributed by atoms with Crippen LogP contribution in [0, 0.1) is 13.8 Å². The third kappa shape index (κ3) is 9.80. The molecule has 8 nitrogen and oxygen atoms in total. The highest BCUT2D eigenvalue weighted by atomic mass is 35.5. The third-order valence-corrected chi connectivity index (χ3v) is 8.07. The van der Waals surface area contributed by atoms with E-state index >= 15 is 0 Å². The Kier molecular flexibility index (Phi) is 12.2. The molecule has 0 radical (unpaired) electrons. The van der Waals surface area contributed by atoms with E-state index in [2.05, 4.69) is 17.4 Å². The lowest BCUT2D eigenvalue weighted by atomic mass is 9.86. The van der Waals surface area contributed by atoms with E-state index in [-0.39, 0.29) is 25.2 Å². The normalized spacial score (nSPS) is 12.2. The Hall–Kier alpha value is -4.40. The van der Waals surface area contributed by atoms with Crippen molar-refractivity contribution < 1.29 is 28.9 Å². The van der Waals surface area contributed by atoms with Crippen molar-refractivity contribution in [2.75, 3.05) is 19.8 Å². The van der Waals surface area contributed by atoms with Crippen molar-refractivity contribution in [3.8, 4) is 22.6 Å².